The van der Waals surface area contributed by atoms with Crippen molar-refractivity contribution in [2.75, 3.05) is 7.11 Å². The minimum atomic E-state index is -0.899. The first-order chi connectivity index (χ1) is 5.57. The smallest absolute Gasteiger partial charge is 0.331 e. The molecule has 0 aliphatic rings. The Labute approximate surface area is 73.4 Å². The summed E-state index contributed by atoms with van der Waals surface area (Å²) in [5.41, 5.74) is 0.314. The number of ether oxygens (including phenoxy) is 1. The molecule has 1 unspecified atom stereocenters. The summed E-state index contributed by atoms with van der Waals surface area (Å²) in [6.07, 6.45) is 1.43. The van der Waals surface area contributed by atoms with Crippen molar-refractivity contribution in [3.63, 3.8) is 0 Å². The van der Waals surface area contributed by atoms with Gasteiger partial charge in [0.2, 0.25) is 0 Å². The van der Waals surface area contributed by atoms with Crippen LogP contribution in [0.25, 0.3) is 0 Å². The summed E-state index contributed by atoms with van der Waals surface area (Å²) in [6, 6.07) is 0. The molecule has 3 nitrogen and oxygen atoms in total. The SMILES string of the molecule is C=C.COC(C)C=C(C)C(=O)O. The Bertz CT molecular complexity index is 161. The first kappa shape index (κ1) is 13.5. The minimum Gasteiger partial charge on any atom is -0.478 e. The van der Waals surface area contributed by atoms with Crippen LogP contribution in [0.5, 0.6) is 0 Å². The van der Waals surface area contributed by atoms with Gasteiger partial charge in [-0.1, -0.05) is 0 Å². The van der Waals surface area contributed by atoms with Crippen LogP contribution in [-0.4, -0.2) is 24.3 Å². The summed E-state index contributed by atoms with van der Waals surface area (Å²) in [7, 11) is 1.54. The van der Waals surface area contributed by atoms with Crippen LogP contribution in [0.1, 0.15) is 13.8 Å². The molecule has 0 fully saturated rings. The van der Waals surface area contributed by atoms with Gasteiger partial charge in [0, 0.05) is 12.7 Å². The van der Waals surface area contributed by atoms with Gasteiger partial charge in [0.05, 0.1) is 6.10 Å². The molecule has 1 N–H and O–H groups in total. The van der Waals surface area contributed by atoms with Crippen molar-refractivity contribution >= 4 is 5.97 Å². The van der Waals surface area contributed by atoms with Gasteiger partial charge in [0.25, 0.3) is 0 Å². The Kier molecular flexibility index (Phi) is 9.01. The summed E-state index contributed by atoms with van der Waals surface area (Å²) in [4.78, 5) is 10.2. The molecule has 0 spiro atoms. The van der Waals surface area contributed by atoms with E-state index in [-0.39, 0.29) is 6.10 Å². The molecule has 0 aromatic carbocycles. The lowest BCUT2D eigenvalue weighted by Gasteiger charge is -2.02. The fourth-order valence-electron chi connectivity index (χ4n) is 0.491. The maximum Gasteiger partial charge on any atom is 0.331 e. The molecule has 70 valence electrons. The second-order valence-corrected chi connectivity index (χ2v) is 2.10. The van der Waals surface area contributed by atoms with Crippen molar-refractivity contribution in [2.45, 2.75) is 20.0 Å². The zero-order chi connectivity index (χ0) is 10.1. The van der Waals surface area contributed by atoms with Gasteiger partial charge in [0.15, 0.2) is 0 Å². The quantitative estimate of drug-likeness (QED) is 0.522. The maximum atomic E-state index is 10.2. The van der Waals surface area contributed by atoms with Crippen LogP contribution in [0.3, 0.4) is 0 Å². The van der Waals surface area contributed by atoms with Crippen LogP contribution in [0.4, 0.5) is 0 Å². The van der Waals surface area contributed by atoms with Crippen LogP contribution < -0.4 is 0 Å². The highest BCUT2D eigenvalue weighted by Crippen LogP contribution is 1.97. The normalized spacial score (nSPS) is 12.8. The lowest BCUT2D eigenvalue weighted by molar-refractivity contribution is -0.132. The second-order valence-electron chi connectivity index (χ2n) is 2.10. The molecular formula is C9H16O3. The molecule has 12 heavy (non-hydrogen) atoms. The van der Waals surface area contributed by atoms with Crippen LogP contribution in [0.15, 0.2) is 24.8 Å². The largest absolute Gasteiger partial charge is 0.478 e. The van der Waals surface area contributed by atoms with Crippen molar-refractivity contribution in [2.24, 2.45) is 0 Å². The topological polar surface area (TPSA) is 46.5 Å². The summed E-state index contributed by atoms with van der Waals surface area (Å²) in [6.45, 7) is 9.32. The van der Waals surface area contributed by atoms with Crippen LogP contribution >= 0.6 is 0 Å². The summed E-state index contributed by atoms with van der Waals surface area (Å²) >= 11 is 0. The average molecular weight is 172 g/mol. The minimum absolute atomic E-state index is 0.129. The van der Waals surface area contributed by atoms with Gasteiger partial charge in [-0.2, -0.15) is 0 Å². The molecule has 0 aliphatic heterocycles. The molecular weight excluding hydrogens is 156 g/mol. The molecule has 1 atom stereocenters. The monoisotopic (exact) mass is 172 g/mol. The van der Waals surface area contributed by atoms with Gasteiger partial charge < -0.3 is 9.84 Å². The third-order valence-electron chi connectivity index (χ3n) is 1.19. The van der Waals surface area contributed by atoms with Crippen molar-refractivity contribution in [1.29, 1.82) is 0 Å². The van der Waals surface area contributed by atoms with E-state index >= 15 is 0 Å². The fraction of sp³-hybridized carbons (Fsp3) is 0.444. The first-order valence-corrected chi connectivity index (χ1v) is 3.52. The Balaban J connectivity index is 0. The number of aliphatic carboxylic acids is 1. The summed E-state index contributed by atoms with van der Waals surface area (Å²) in [5.74, 6) is -0.899. The highest BCUT2D eigenvalue weighted by Gasteiger charge is 2.01. The molecule has 0 aliphatic carbocycles. The first-order valence-electron chi connectivity index (χ1n) is 3.52. The zero-order valence-corrected chi connectivity index (χ0v) is 7.83. The van der Waals surface area contributed by atoms with Crippen LogP contribution in [-0.2, 0) is 9.53 Å². The number of carbonyl (C=O) groups is 1. The van der Waals surface area contributed by atoms with Crippen molar-refractivity contribution in [3.05, 3.63) is 24.8 Å². The van der Waals surface area contributed by atoms with E-state index in [4.69, 9.17) is 9.84 Å². The predicted octanol–water partition coefficient (Wildman–Crippen LogP) is 1.85. The van der Waals surface area contributed by atoms with E-state index in [0.717, 1.165) is 0 Å². The molecule has 0 bridgehead atoms. The Morgan fingerprint density at radius 2 is 2.00 bits per heavy atom. The van der Waals surface area contributed by atoms with E-state index in [1.165, 1.54) is 14.0 Å². The van der Waals surface area contributed by atoms with Gasteiger partial charge in [0.1, 0.15) is 0 Å². The van der Waals surface area contributed by atoms with Crippen molar-refractivity contribution in [3.8, 4) is 0 Å². The van der Waals surface area contributed by atoms with Gasteiger partial charge in [-0.15, -0.1) is 13.2 Å². The zero-order valence-electron chi connectivity index (χ0n) is 7.83. The Morgan fingerprint density at radius 1 is 1.58 bits per heavy atom. The highest BCUT2D eigenvalue weighted by molar-refractivity contribution is 5.85. The number of carboxylic acids is 1. The van der Waals surface area contributed by atoms with Gasteiger partial charge in [-0.25, -0.2) is 4.79 Å². The van der Waals surface area contributed by atoms with E-state index in [0.29, 0.717) is 5.57 Å². The maximum absolute atomic E-state index is 10.2. The molecule has 0 saturated heterocycles. The molecule has 3 heteroatoms. The standard InChI is InChI=1S/C7H12O3.C2H4/c1-5(7(8)9)4-6(2)10-3;1-2/h4,6H,1-3H3,(H,8,9);1-2H2. The van der Waals surface area contributed by atoms with Gasteiger partial charge in [-0.3, -0.25) is 0 Å². The predicted molar refractivity (Wildman–Crippen MR) is 49.1 cm³/mol. The molecule has 0 aromatic rings. The van der Waals surface area contributed by atoms with Gasteiger partial charge >= 0.3 is 5.97 Å². The van der Waals surface area contributed by atoms with E-state index in [1.54, 1.807) is 13.0 Å². The molecule has 0 heterocycles. The molecule has 0 amide bonds. The van der Waals surface area contributed by atoms with E-state index in [1.807, 2.05) is 0 Å². The van der Waals surface area contributed by atoms with Crippen LogP contribution in [0, 0.1) is 0 Å². The Hall–Kier alpha value is -1.09. The number of carboxylic acid groups (broad SMARTS) is 1. The summed E-state index contributed by atoms with van der Waals surface area (Å²) in [5, 5.41) is 8.40. The van der Waals surface area contributed by atoms with Crippen LogP contribution in [0.2, 0.25) is 0 Å². The third-order valence-corrected chi connectivity index (χ3v) is 1.19. The lowest BCUT2D eigenvalue weighted by Crippen LogP contribution is -2.04. The van der Waals surface area contributed by atoms with E-state index < -0.39 is 5.97 Å². The molecule has 0 rings (SSSR count). The number of hydrogen-bond donors (Lipinski definition) is 1. The van der Waals surface area contributed by atoms with E-state index in [9.17, 15) is 4.79 Å². The highest BCUT2D eigenvalue weighted by atomic mass is 16.5. The number of methoxy groups -OCH3 is 1. The molecule has 0 saturated carbocycles. The van der Waals surface area contributed by atoms with Crippen molar-refractivity contribution in [1.82, 2.24) is 0 Å². The number of rotatable bonds is 3. The average Bonchev–Trinajstić information content (AvgIpc) is 2.07. The second kappa shape index (κ2) is 8.01. The third kappa shape index (κ3) is 7.02. The summed E-state index contributed by atoms with van der Waals surface area (Å²) < 4.78 is 4.83. The molecule has 0 radical (unpaired) electrons. The fourth-order valence-corrected chi connectivity index (χ4v) is 0.491. The van der Waals surface area contributed by atoms with Gasteiger partial charge in [-0.05, 0) is 19.9 Å². The van der Waals surface area contributed by atoms with E-state index in [2.05, 4.69) is 13.2 Å². The molecule has 0 aromatic heterocycles. The number of hydrogen-bond acceptors (Lipinski definition) is 2. The lowest BCUT2D eigenvalue weighted by atomic mass is 10.2. The van der Waals surface area contributed by atoms with Crippen molar-refractivity contribution < 1.29 is 14.6 Å². The Morgan fingerprint density at radius 3 is 2.25 bits per heavy atom.